The third-order valence-electron chi connectivity index (χ3n) is 3.22. The first-order chi connectivity index (χ1) is 8.16. The van der Waals surface area contributed by atoms with Gasteiger partial charge in [0.15, 0.2) is 0 Å². The summed E-state index contributed by atoms with van der Waals surface area (Å²) in [6.07, 6.45) is 3.18. The number of rotatable bonds is 4. The summed E-state index contributed by atoms with van der Waals surface area (Å²) in [4.78, 5) is 13.2. The van der Waals surface area contributed by atoms with Gasteiger partial charge in [0, 0.05) is 6.54 Å². The molecule has 17 heavy (non-hydrogen) atoms. The average Bonchev–Trinajstić information content (AvgIpc) is 2.80. The van der Waals surface area contributed by atoms with E-state index in [0.717, 1.165) is 25.2 Å². The first-order valence-corrected chi connectivity index (χ1v) is 5.94. The number of carboxylic acids is 1. The van der Waals surface area contributed by atoms with Gasteiger partial charge < -0.3 is 15.1 Å². The summed E-state index contributed by atoms with van der Waals surface area (Å²) in [6, 6.07) is 4.45. The van der Waals surface area contributed by atoms with E-state index in [2.05, 4.69) is 4.90 Å². The fourth-order valence-electron chi connectivity index (χ4n) is 2.20. The Hall–Kier alpha value is -1.55. The predicted molar refractivity (Wildman–Crippen MR) is 64.4 cm³/mol. The Kier molecular flexibility index (Phi) is 3.64. The van der Waals surface area contributed by atoms with Gasteiger partial charge in [-0.25, -0.2) is 4.79 Å². The highest BCUT2D eigenvalue weighted by Gasteiger charge is 2.13. The third kappa shape index (κ3) is 2.97. The van der Waals surface area contributed by atoms with E-state index in [1.807, 2.05) is 0 Å². The monoisotopic (exact) mass is 235 g/mol. The van der Waals surface area contributed by atoms with Crippen molar-refractivity contribution in [2.24, 2.45) is 0 Å². The zero-order valence-electron chi connectivity index (χ0n) is 9.72. The van der Waals surface area contributed by atoms with Crippen molar-refractivity contribution in [3.63, 3.8) is 0 Å². The molecular weight excluding hydrogens is 218 g/mol. The van der Waals surface area contributed by atoms with Crippen LogP contribution in [0.15, 0.2) is 18.2 Å². The smallest absolute Gasteiger partial charge is 0.335 e. The molecule has 0 amide bonds. The molecule has 0 atom stereocenters. The van der Waals surface area contributed by atoms with E-state index in [4.69, 9.17) is 5.11 Å². The summed E-state index contributed by atoms with van der Waals surface area (Å²) in [5, 5.41) is 18.6. The Morgan fingerprint density at radius 2 is 2.00 bits per heavy atom. The molecule has 2 rings (SSSR count). The van der Waals surface area contributed by atoms with Crippen LogP contribution >= 0.6 is 0 Å². The topological polar surface area (TPSA) is 60.8 Å². The van der Waals surface area contributed by atoms with Gasteiger partial charge in [0.05, 0.1) is 5.56 Å². The molecule has 2 N–H and O–H groups in total. The molecule has 0 unspecified atom stereocenters. The average molecular weight is 235 g/mol. The molecule has 1 aromatic rings. The van der Waals surface area contributed by atoms with Crippen molar-refractivity contribution in [1.82, 2.24) is 4.90 Å². The predicted octanol–water partition coefficient (Wildman–Crippen LogP) is 1.73. The number of carbonyl (C=O) groups is 1. The summed E-state index contributed by atoms with van der Waals surface area (Å²) in [5.74, 6) is -0.762. The summed E-state index contributed by atoms with van der Waals surface area (Å²) < 4.78 is 0. The second-order valence-electron chi connectivity index (χ2n) is 4.45. The van der Waals surface area contributed by atoms with E-state index in [0.29, 0.717) is 6.42 Å². The first-order valence-electron chi connectivity index (χ1n) is 5.94. The lowest BCUT2D eigenvalue weighted by Gasteiger charge is -2.14. The SMILES string of the molecule is O=C(O)c1ccc(O)c(CCN2CCCC2)c1. The van der Waals surface area contributed by atoms with Gasteiger partial charge in [-0.15, -0.1) is 0 Å². The zero-order chi connectivity index (χ0) is 12.3. The van der Waals surface area contributed by atoms with Crippen LogP contribution in [0.2, 0.25) is 0 Å². The number of hydrogen-bond donors (Lipinski definition) is 2. The highest BCUT2D eigenvalue weighted by atomic mass is 16.4. The minimum Gasteiger partial charge on any atom is -0.508 e. The molecule has 92 valence electrons. The van der Waals surface area contributed by atoms with Crippen LogP contribution in [0.3, 0.4) is 0 Å². The molecule has 0 aliphatic carbocycles. The van der Waals surface area contributed by atoms with Crippen LogP contribution in [0.4, 0.5) is 0 Å². The maximum absolute atomic E-state index is 10.8. The van der Waals surface area contributed by atoms with Crippen LogP contribution in [-0.2, 0) is 6.42 Å². The summed E-state index contributed by atoms with van der Waals surface area (Å²) in [7, 11) is 0. The summed E-state index contributed by atoms with van der Waals surface area (Å²) in [6.45, 7) is 3.11. The number of aromatic hydroxyl groups is 1. The number of likely N-dealkylation sites (tertiary alicyclic amines) is 1. The number of aromatic carboxylic acids is 1. The van der Waals surface area contributed by atoms with Crippen molar-refractivity contribution in [2.45, 2.75) is 19.3 Å². The van der Waals surface area contributed by atoms with E-state index < -0.39 is 5.97 Å². The number of phenols is 1. The number of carboxylic acid groups (broad SMARTS) is 1. The van der Waals surface area contributed by atoms with E-state index in [1.165, 1.54) is 25.0 Å². The maximum atomic E-state index is 10.8. The molecule has 1 aromatic carbocycles. The highest BCUT2D eigenvalue weighted by molar-refractivity contribution is 5.88. The van der Waals surface area contributed by atoms with Crippen LogP contribution < -0.4 is 0 Å². The highest BCUT2D eigenvalue weighted by Crippen LogP contribution is 2.20. The molecule has 1 fully saturated rings. The molecule has 1 saturated heterocycles. The van der Waals surface area contributed by atoms with E-state index in [1.54, 1.807) is 6.07 Å². The first kappa shape index (κ1) is 11.9. The van der Waals surface area contributed by atoms with Gasteiger partial charge in [-0.2, -0.15) is 0 Å². The quantitative estimate of drug-likeness (QED) is 0.834. The molecule has 1 aliphatic heterocycles. The Morgan fingerprint density at radius 3 is 2.65 bits per heavy atom. The van der Waals surface area contributed by atoms with Crippen molar-refractivity contribution >= 4 is 5.97 Å². The molecule has 4 heteroatoms. The van der Waals surface area contributed by atoms with Gasteiger partial charge in [0.25, 0.3) is 0 Å². The molecule has 0 bridgehead atoms. The van der Waals surface area contributed by atoms with E-state index >= 15 is 0 Å². The van der Waals surface area contributed by atoms with Gasteiger partial charge in [0.1, 0.15) is 5.75 Å². The van der Waals surface area contributed by atoms with E-state index in [9.17, 15) is 9.90 Å². The lowest BCUT2D eigenvalue weighted by atomic mass is 10.1. The van der Waals surface area contributed by atoms with Crippen LogP contribution in [0.25, 0.3) is 0 Å². The number of benzene rings is 1. The minimum atomic E-state index is -0.951. The van der Waals surface area contributed by atoms with Crippen LogP contribution in [0.1, 0.15) is 28.8 Å². The number of nitrogens with zero attached hydrogens (tertiary/aromatic N) is 1. The largest absolute Gasteiger partial charge is 0.508 e. The lowest BCUT2D eigenvalue weighted by molar-refractivity contribution is 0.0696. The summed E-state index contributed by atoms with van der Waals surface area (Å²) >= 11 is 0. The lowest BCUT2D eigenvalue weighted by Crippen LogP contribution is -2.22. The fourth-order valence-corrected chi connectivity index (χ4v) is 2.20. The van der Waals surface area contributed by atoms with Gasteiger partial charge >= 0.3 is 5.97 Å². The normalized spacial score (nSPS) is 16.2. The Bertz CT molecular complexity index is 411. The fraction of sp³-hybridized carbons (Fsp3) is 0.462. The van der Waals surface area contributed by atoms with Crippen molar-refractivity contribution in [3.05, 3.63) is 29.3 Å². The third-order valence-corrected chi connectivity index (χ3v) is 3.22. The van der Waals surface area contributed by atoms with Crippen molar-refractivity contribution in [3.8, 4) is 5.75 Å². The minimum absolute atomic E-state index is 0.189. The molecule has 0 spiro atoms. The number of hydrogen-bond acceptors (Lipinski definition) is 3. The molecule has 1 heterocycles. The van der Waals surface area contributed by atoms with Crippen molar-refractivity contribution in [1.29, 1.82) is 0 Å². The second-order valence-corrected chi connectivity index (χ2v) is 4.45. The molecular formula is C13H17NO3. The number of phenolic OH excluding ortho intramolecular Hbond substituents is 1. The molecule has 0 saturated carbocycles. The Balaban J connectivity index is 2.03. The Morgan fingerprint density at radius 1 is 1.29 bits per heavy atom. The molecule has 4 nitrogen and oxygen atoms in total. The molecule has 0 aromatic heterocycles. The van der Waals surface area contributed by atoms with Crippen LogP contribution in [0, 0.1) is 0 Å². The van der Waals surface area contributed by atoms with Gasteiger partial charge in [0.2, 0.25) is 0 Å². The summed E-state index contributed by atoms with van der Waals surface area (Å²) in [5.41, 5.74) is 0.955. The standard InChI is InChI=1S/C13H17NO3/c15-12-4-3-11(13(16)17)9-10(12)5-8-14-6-1-2-7-14/h3-4,9,15H,1-2,5-8H2,(H,16,17). The van der Waals surface area contributed by atoms with Crippen LogP contribution in [-0.4, -0.2) is 40.7 Å². The second kappa shape index (κ2) is 5.19. The van der Waals surface area contributed by atoms with Crippen molar-refractivity contribution < 1.29 is 15.0 Å². The van der Waals surface area contributed by atoms with Gasteiger partial charge in [-0.1, -0.05) is 0 Å². The van der Waals surface area contributed by atoms with Gasteiger partial charge in [-0.3, -0.25) is 0 Å². The zero-order valence-corrected chi connectivity index (χ0v) is 9.72. The van der Waals surface area contributed by atoms with Crippen LogP contribution in [0.5, 0.6) is 5.75 Å². The maximum Gasteiger partial charge on any atom is 0.335 e. The Labute approximate surface area is 100 Å². The van der Waals surface area contributed by atoms with Gasteiger partial charge in [-0.05, 0) is 56.1 Å². The van der Waals surface area contributed by atoms with E-state index in [-0.39, 0.29) is 11.3 Å². The molecule has 1 aliphatic rings. The molecule has 0 radical (unpaired) electrons. The van der Waals surface area contributed by atoms with Crippen molar-refractivity contribution in [2.75, 3.05) is 19.6 Å².